The van der Waals surface area contributed by atoms with Gasteiger partial charge in [0.05, 0.1) is 12.0 Å². The van der Waals surface area contributed by atoms with E-state index >= 15 is 0 Å². The topological polar surface area (TPSA) is 43.3 Å². The fourth-order valence-corrected chi connectivity index (χ4v) is 3.24. The fourth-order valence-electron chi connectivity index (χ4n) is 3.24. The molecule has 2 aromatic heterocycles. The Labute approximate surface area is 135 Å². The minimum absolute atomic E-state index is 0.0836. The van der Waals surface area contributed by atoms with E-state index in [9.17, 15) is 0 Å². The molecular weight excluding hydrogens is 286 g/mol. The van der Waals surface area contributed by atoms with Crippen molar-refractivity contribution in [1.29, 1.82) is 0 Å². The summed E-state index contributed by atoms with van der Waals surface area (Å²) in [4.78, 5) is 4.83. The lowest BCUT2D eigenvalue weighted by Crippen LogP contribution is -2.18. The molecule has 0 N–H and O–H groups in total. The summed E-state index contributed by atoms with van der Waals surface area (Å²) in [7, 11) is 0. The average molecular weight is 305 g/mol. The standard InChI is InChI=1S/C19H19N3O/c1-3-15-18(14-8-5-4-6-9-14)19-20-13(2)12-16(22(19)21-15)17-10-7-11-23-17/h4-11,16H,3,12H2,1-2H3. The number of aliphatic imine (C=N–C) groups is 1. The van der Waals surface area contributed by atoms with Crippen molar-refractivity contribution in [2.24, 2.45) is 4.99 Å². The molecule has 1 aliphatic rings. The van der Waals surface area contributed by atoms with Gasteiger partial charge in [0.15, 0.2) is 5.82 Å². The maximum atomic E-state index is 5.65. The number of hydrogen-bond donors (Lipinski definition) is 0. The predicted molar refractivity (Wildman–Crippen MR) is 91.3 cm³/mol. The largest absolute Gasteiger partial charge is 0.467 e. The minimum atomic E-state index is 0.0836. The summed E-state index contributed by atoms with van der Waals surface area (Å²) in [6.45, 7) is 4.21. The zero-order valence-corrected chi connectivity index (χ0v) is 13.4. The molecule has 116 valence electrons. The first-order chi connectivity index (χ1) is 11.3. The number of furan rings is 1. The molecule has 0 fully saturated rings. The molecule has 3 aromatic rings. The Bertz CT molecular complexity index is 844. The van der Waals surface area contributed by atoms with Crippen molar-refractivity contribution in [2.75, 3.05) is 0 Å². The van der Waals surface area contributed by atoms with Gasteiger partial charge in [0.25, 0.3) is 0 Å². The summed E-state index contributed by atoms with van der Waals surface area (Å²) < 4.78 is 7.69. The summed E-state index contributed by atoms with van der Waals surface area (Å²) in [5.41, 5.74) is 4.51. The summed E-state index contributed by atoms with van der Waals surface area (Å²) >= 11 is 0. The van der Waals surface area contributed by atoms with Crippen molar-refractivity contribution in [3.63, 3.8) is 0 Å². The van der Waals surface area contributed by atoms with Gasteiger partial charge in [-0.05, 0) is 31.0 Å². The number of fused-ring (bicyclic) bond motifs is 1. The van der Waals surface area contributed by atoms with E-state index in [1.165, 1.54) is 5.56 Å². The summed E-state index contributed by atoms with van der Waals surface area (Å²) in [5, 5.41) is 4.87. The van der Waals surface area contributed by atoms with Crippen LogP contribution in [0.4, 0.5) is 5.82 Å². The van der Waals surface area contributed by atoms with Gasteiger partial charge in [-0.15, -0.1) is 0 Å². The van der Waals surface area contributed by atoms with E-state index in [-0.39, 0.29) is 6.04 Å². The molecular formula is C19H19N3O. The number of hydrogen-bond acceptors (Lipinski definition) is 3. The monoisotopic (exact) mass is 305 g/mol. The Morgan fingerprint density at radius 1 is 1.17 bits per heavy atom. The Morgan fingerprint density at radius 2 is 2.00 bits per heavy atom. The van der Waals surface area contributed by atoms with E-state index in [4.69, 9.17) is 14.5 Å². The molecule has 4 nitrogen and oxygen atoms in total. The third-order valence-corrected chi connectivity index (χ3v) is 4.31. The number of rotatable bonds is 3. The van der Waals surface area contributed by atoms with Gasteiger partial charge in [0.1, 0.15) is 11.8 Å². The SMILES string of the molecule is CCc1nn2c(c1-c1ccccc1)N=C(C)CC2c1ccco1. The quantitative estimate of drug-likeness (QED) is 0.698. The second-order valence-corrected chi connectivity index (χ2v) is 5.89. The lowest BCUT2D eigenvalue weighted by atomic mass is 10.0. The van der Waals surface area contributed by atoms with E-state index in [1.54, 1.807) is 6.26 Å². The zero-order valence-electron chi connectivity index (χ0n) is 13.4. The first kappa shape index (κ1) is 14.0. The molecule has 4 heteroatoms. The molecule has 0 saturated carbocycles. The zero-order chi connectivity index (χ0) is 15.8. The van der Waals surface area contributed by atoms with Crippen LogP contribution in [0.5, 0.6) is 0 Å². The van der Waals surface area contributed by atoms with Crippen LogP contribution in [0.1, 0.15) is 37.8 Å². The van der Waals surface area contributed by atoms with Crippen molar-refractivity contribution < 1.29 is 4.42 Å². The van der Waals surface area contributed by atoms with Crippen LogP contribution >= 0.6 is 0 Å². The van der Waals surface area contributed by atoms with Gasteiger partial charge < -0.3 is 4.42 Å². The highest BCUT2D eigenvalue weighted by Gasteiger charge is 2.29. The first-order valence-electron chi connectivity index (χ1n) is 8.02. The van der Waals surface area contributed by atoms with Gasteiger partial charge in [-0.3, -0.25) is 0 Å². The number of aromatic nitrogens is 2. The summed E-state index contributed by atoms with van der Waals surface area (Å²) in [6.07, 6.45) is 3.43. The van der Waals surface area contributed by atoms with Crippen LogP contribution in [0.3, 0.4) is 0 Å². The Hall–Kier alpha value is -2.62. The summed E-state index contributed by atoms with van der Waals surface area (Å²) in [6, 6.07) is 14.4. The van der Waals surface area contributed by atoms with Crippen LogP contribution in [0.2, 0.25) is 0 Å². The third kappa shape index (κ3) is 2.31. The van der Waals surface area contributed by atoms with Crippen LogP contribution < -0.4 is 0 Å². The molecule has 1 aromatic carbocycles. The molecule has 23 heavy (non-hydrogen) atoms. The summed E-state index contributed by atoms with van der Waals surface area (Å²) in [5.74, 6) is 1.88. The third-order valence-electron chi connectivity index (χ3n) is 4.31. The van der Waals surface area contributed by atoms with Gasteiger partial charge in [-0.2, -0.15) is 5.10 Å². The van der Waals surface area contributed by atoms with E-state index < -0.39 is 0 Å². The van der Waals surface area contributed by atoms with Crippen LogP contribution in [0.25, 0.3) is 11.1 Å². The number of benzene rings is 1. The van der Waals surface area contributed by atoms with Crippen LogP contribution in [0.15, 0.2) is 58.1 Å². The Kier molecular flexibility index (Phi) is 3.37. The Balaban J connectivity index is 1.94. The second-order valence-electron chi connectivity index (χ2n) is 5.89. The average Bonchev–Trinajstić information content (AvgIpc) is 3.22. The van der Waals surface area contributed by atoms with Gasteiger partial charge in [-0.25, -0.2) is 9.67 Å². The van der Waals surface area contributed by atoms with Crippen LogP contribution in [-0.4, -0.2) is 15.5 Å². The van der Waals surface area contributed by atoms with Gasteiger partial charge >= 0.3 is 0 Å². The molecule has 1 aliphatic heterocycles. The maximum Gasteiger partial charge on any atom is 0.159 e. The van der Waals surface area contributed by atoms with E-state index in [0.29, 0.717) is 0 Å². The van der Waals surface area contributed by atoms with Gasteiger partial charge in [-0.1, -0.05) is 37.3 Å². The predicted octanol–water partition coefficient (Wildman–Crippen LogP) is 4.79. The molecule has 3 heterocycles. The van der Waals surface area contributed by atoms with Crippen molar-refractivity contribution in [2.45, 2.75) is 32.7 Å². The first-order valence-corrected chi connectivity index (χ1v) is 8.02. The molecule has 0 spiro atoms. The van der Waals surface area contributed by atoms with E-state index in [2.05, 4.69) is 38.1 Å². The number of aryl methyl sites for hydroxylation is 1. The molecule has 4 rings (SSSR count). The molecule has 0 radical (unpaired) electrons. The molecule has 0 saturated heterocycles. The highest BCUT2D eigenvalue weighted by molar-refractivity contribution is 5.89. The van der Waals surface area contributed by atoms with Gasteiger partial charge in [0, 0.05) is 17.7 Å². The number of nitrogens with zero attached hydrogens (tertiary/aromatic N) is 3. The van der Waals surface area contributed by atoms with Crippen LogP contribution in [0, 0.1) is 0 Å². The molecule has 1 unspecified atom stereocenters. The van der Waals surface area contributed by atoms with E-state index in [1.807, 2.05) is 22.9 Å². The minimum Gasteiger partial charge on any atom is -0.467 e. The fraction of sp³-hybridized carbons (Fsp3) is 0.263. The van der Waals surface area contributed by atoms with Crippen molar-refractivity contribution in [3.8, 4) is 11.1 Å². The maximum absolute atomic E-state index is 5.65. The van der Waals surface area contributed by atoms with Gasteiger partial charge in [0.2, 0.25) is 0 Å². The molecule has 1 atom stereocenters. The second kappa shape index (κ2) is 5.54. The van der Waals surface area contributed by atoms with Crippen molar-refractivity contribution in [1.82, 2.24) is 9.78 Å². The Morgan fingerprint density at radius 3 is 2.70 bits per heavy atom. The molecule has 0 aliphatic carbocycles. The van der Waals surface area contributed by atoms with Crippen molar-refractivity contribution >= 4 is 11.5 Å². The lowest BCUT2D eigenvalue weighted by molar-refractivity contribution is 0.408. The van der Waals surface area contributed by atoms with Crippen molar-refractivity contribution in [3.05, 3.63) is 60.2 Å². The molecule has 0 amide bonds. The van der Waals surface area contributed by atoms with Crippen LogP contribution in [-0.2, 0) is 6.42 Å². The normalized spacial score (nSPS) is 17.0. The lowest BCUT2D eigenvalue weighted by Gasteiger charge is -2.21. The molecule has 0 bridgehead atoms. The van der Waals surface area contributed by atoms with E-state index in [0.717, 1.165) is 41.4 Å². The highest BCUT2D eigenvalue weighted by Crippen LogP contribution is 2.41. The highest BCUT2D eigenvalue weighted by atomic mass is 16.3. The smallest absolute Gasteiger partial charge is 0.159 e.